The maximum Gasteiger partial charge on any atom is 0.205 e. The molecule has 6 nitrogen and oxygen atoms in total. The second-order valence-electron chi connectivity index (χ2n) is 26.8. The van der Waals surface area contributed by atoms with E-state index in [1.807, 2.05) is 182 Å². The van der Waals surface area contributed by atoms with Gasteiger partial charge in [-0.25, -0.2) is 0 Å². The fourth-order valence-electron chi connectivity index (χ4n) is 9.76. The van der Waals surface area contributed by atoms with Gasteiger partial charge in [-0.2, -0.15) is 0 Å². The summed E-state index contributed by atoms with van der Waals surface area (Å²) in [4.78, 5) is 0. The van der Waals surface area contributed by atoms with Crippen LogP contribution >= 0.6 is 0 Å². The highest BCUT2D eigenvalue weighted by Crippen LogP contribution is 2.42. The van der Waals surface area contributed by atoms with Crippen LogP contribution in [0.1, 0.15) is 125 Å². The third kappa shape index (κ3) is 15.0. The molecule has 12 rings (SSSR count). The van der Waals surface area contributed by atoms with E-state index in [2.05, 4.69) is 207 Å². The van der Waals surface area contributed by atoms with Gasteiger partial charge in [0.25, 0.3) is 0 Å². The first-order valence-corrected chi connectivity index (χ1v) is 28.7. The van der Waals surface area contributed by atoms with Crippen molar-refractivity contribution >= 4 is 65.4 Å². The average molecular weight is 1080 g/mol. The van der Waals surface area contributed by atoms with Crippen LogP contribution < -0.4 is 13.7 Å². The maximum atomic E-state index is 3.81. The van der Waals surface area contributed by atoms with E-state index in [9.17, 15) is 0 Å². The molecule has 0 saturated heterocycles. The lowest BCUT2D eigenvalue weighted by molar-refractivity contribution is -0.735. The van der Waals surface area contributed by atoms with E-state index >= 15 is 0 Å². The fourth-order valence-corrected chi connectivity index (χ4v) is 9.76. The molecule has 0 spiro atoms. The Morgan fingerprint density at radius 3 is 0.481 bits per heavy atom. The number of hydrogen-bond acceptors (Lipinski definition) is 0. The number of fused-ring (bicyclic) bond motifs is 9. The summed E-state index contributed by atoms with van der Waals surface area (Å²) < 4.78 is 14.1. The molecule has 0 radical (unpaired) electrons. The van der Waals surface area contributed by atoms with E-state index in [0.29, 0.717) is 0 Å². The van der Waals surface area contributed by atoms with Crippen LogP contribution in [0.3, 0.4) is 0 Å². The van der Waals surface area contributed by atoms with Crippen LogP contribution in [0.25, 0.3) is 65.4 Å². The van der Waals surface area contributed by atoms with Crippen molar-refractivity contribution in [1.29, 1.82) is 0 Å². The number of rotatable bonds is 0. The first-order chi connectivity index (χ1) is 38.1. The monoisotopic (exact) mass is 1070 g/mol. The number of aromatic nitrogens is 6. The van der Waals surface area contributed by atoms with Crippen LogP contribution in [-0.2, 0) is 33.2 Å². The largest absolute Gasteiger partial charge is 0.340 e. The van der Waals surface area contributed by atoms with Crippen molar-refractivity contribution in [2.24, 2.45) is 0 Å². The summed E-state index contributed by atoms with van der Waals surface area (Å²) in [5.41, 5.74) is 6.32. The van der Waals surface area contributed by atoms with E-state index < -0.39 is 0 Å². The summed E-state index contributed by atoms with van der Waals surface area (Å²) in [6.45, 7) is 41.0. The minimum Gasteiger partial charge on any atom is -0.340 e. The molecule has 0 aliphatic heterocycles. The third-order valence-electron chi connectivity index (χ3n) is 13.6. The number of imidazole rings is 3. The van der Waals surface area contributed by atoms with Crippen LogP contribution in [-0.4, -0.2) is 13.7 Å². The molecule has 0 atom stereocenters. The molecule has 3 aromatic heterocycles. The van der Waals surface area contributed by atoms with Gasteiger partial charge in [0.05, 0.1) is 33.2 Å². The van der Waals surface area contributed by atoms with Crippen LogP contribution in [0.2, 0.25) is 0 Å². The minimum absolute atomic E-state index is 0.146. The third-order valence-corrected chi connectivity index (χ3v) is 13.6. The molecule has 0 unspecified atom stereocenters. The molecule has 9 aromatic carbocycles. The van der Waals surface area contributed by atoms with E-state index in [0.717, 1.165) is 0 Å². The Hall–Kier alpha value is -7.83. The maximum absolute atomic E-state index is 3.81. The van der Waals surface area contributed by atoms with E-state index in [1.165, 1.54) is 65.4 Å². The van der Waals surface area contributed by atoms with Gasteiger partial charge >= 0.3 is 0 Å². The quantitative estimate of drug-likeness (QED) is 0.0822. The summed E-state index contributed by atoms with van der Waals surface area (Å²) >= 11 is 0. The average Bonchev–Trinajstić information content (AvgIpc) is 4.37. The molecular weight excluding hydrogens is 985 g/mol. The van der Waals surface area contributed by atoms with Gasteiger partial charge < -0.3 is 27.4 Å². The predicted molar refractivity (Wildman–Crippen MR) is 345 cm³/mol. The molecule has 0 aliphatic carbocycles. The molecular formula is C75H90N6. The van der Waals surface area contributed by atoms with Gasteiger partial charge in [0.1, 0.15) is 0 Å². The number of hydrogen-bond donors (Lipinski definition) is 0. The first kappa shape index (κ1) is 60.8. The van der Waals surface area contributed by atoms with Crippen LogP contribution in [0.5, 0.6) is 0 Å². The van der Waals surface area contributed by atoms with Gasteiger partial charge in [-0.05, 0) is 157 Å². The Kier molecular flexibility index (Phi) is 18.7. The molecule has 0 fully saturated rings. The van der Waals surface area contributed by atoms with E-state index in [1.54, 1.807) is 0 Å². The molecule has 0 saturated carbocycles. The summed E-state index contributed by atoms with van der Waals surface area (Å²) in [6, 6.07) is 74.7. The van der Waals surface area contributed by atoms with Crippen LogP contribution in [0.4, 0.5) is 0 Å². The predicted octanol–water partition coefficient (Wildman–Crippen LogP) is 18.2. The molecule has 0 amide bonds. The number of benzene rings is 9. The van der Waals surface area contributed by atoms with Gasteiger partial charge in [-0.15, -0.1) is 0 Å². The van der Waals surface area contributed by atoms with Crippen LogP contribution in [0.15, 0.2) is 218 Å². The standard InChI is InChI=1S/C45H60N6.5C6H6/c1-40(2,3)46-25-47(41(4,5)6)35-20-29-28(19-34(35)46)30-21-36-38(50(44(13,14)15)26-48(36)42(7,8)9)23-32(30)33-24-39-37(22-31(29)33)49(43(10,11)12)27-51(39)45(16,17)18;5*1-2-4-6-5-3-1/h19-24H,1-18H3;5*1-6H. The normalized spacial score (nSPS) is 12.1. The summed E-state index contributed by atoms with van der Waals surface area (Å²) in [5, 5.41) is 7.55. The molecule has 0 aliphatic rings. The van der Waals surface area contributed by atoms with Crippen molar-refractivity contribution in [2.45, 2.75) is 158 Å². The van der Waals surface area contributed by atoms with Gasteiger partial charge in [0.15, 0.2) is 0 Å². The lowest BCUT2D eigenvalue weighted by Gasteiger charge is -2.23. The second-order valence-corrected chi connectivity index (χ2v) is 26.8. The van der Waals surface area contributed by atoms with Crippen molar-refractivity contribution in [3.05, 3.63) is 237 Å². The Balaban J connectivity index is 0.000000250. The van der Waals surface area contributed by atoms with E-state index in [-0.39, 0.29) is 33.2 Å². The highest BCUT2D eigenvalue weighted by Gasteiger charge is 2.29. The summed E-state index contributed by atoms with van der Waals surface area (Å²) in [5.74, 6) is 0. The van der Waals surface area contributed by atoms with Crippen molar-refractivity contribution < 1.29 is 13.7 Å². The fraction of sp³-hybridized carbons (Fsp3) is 0.320. The second kappa shape index (κ2) is 24.9. The summed E-state index contributed by atoms with van der Waals surface area (Å²) in [7, 11) is 0. The van der Waals surface area contributed by atoms with Gasteiger partial charge in [0, 0.05) is 33.1 Å². The Morgan fingerprint density at radius 2 is 0.358 bits per heavy atom. The molecule has 0 N–H and O–H groups in total. The number of nitrogens with zero attached hydrogens (tertiary/aromatic N) is 6. The Morgan fingerprint density at radius 1 is 0.222 bits per heavy atom. The zero-order valence-electron chi connectivity index (χ0n) is 52.0. The highest BCUT2D eigenvalue weighted by molar-refractivity contribution is 6.29. The minimum atomic E-state index is -0.146. The van der Waals surface area contributed by atoms with Crippen molar-refractivity contribution in [2.75, 3.05) is 0 Å². The Bertz CT molecular complexity index is 3080. The van der Waals surface area contributed by atoms with E-state index in [4.69, 9.17) is 0 Å². The highest BCUT2D eigenvalue weighted by atomic mass is 15.2. The molecule has 6 heteroatoms. The SMILES string of the molecule is CC(C)(C)n1[c-][n+](C(C)(C)C)c2cc3c(cc21)c1cc2c(cc1c1cc4c(cc31)n(C(C)(C)C)[c-][n+]4C(C)(C)C)[n+](C(C)(C)C)[c-]n2C(C)(C)C.c1ccccc1.c1ccccc1.c1ccccc1.c1ccccc1.c1ccccc1. The molecule has 420 valence electrons. The lowest BCUT2D eigenvalue weighted by atomic mass is 9.92. The van der Waals surface area contributed by atoms with Gasteiger partial charge in [-0.1, -0.05) is 218 Å². The van der Waals surface area contributed by atoms with Crippen molar-refractivity contribution in [1.82, 2.24) is 13.7 Å². The molecule has 0 bridgehead atoms. The lowest BCUT2D eigenvalue weighted by Crippen LogP contribution is -2.50. The topological polar surface area (TPSA) is 26.4 Å². The van der Waals surface area contributed by atoms with Crippen LogP contribution in [0, 0.1) is 19.0 Å². The zero-order valence-corrected chi connectivity index (χ0v) is 52.0. The first-order valence-electron chi connectivity index (χ1n) is 28.7. The summed E-state index contributed by atoms with van der Waals surface area (Å²) in [6.07, 6.45) is 11.4. The smallest absolute Gasteiger partial charge is 0.205 e. The molecule has 12 aromatic rings. The molecule has 81 heavy (non-hydrogen) atoms. The van der Waals surface area contributed by atoms with Gasteiger partial charge in [0.2, 0.25) is 19.0 Å². The van der Waals surface area contributed by atoms with Gasteiger partial charge in [-0.3, -0.25) is 0 Å². The molecule has 3 heterocycles. The Labute approximate surface area is 485 Å². The zero-order chi connectivity index (χ0) is 59.0. The van der Waals surface area contributed by atoms with Crippen molar-refractivity contribution in [3.8, 4) is 0 Å². The van der Waals surface area contributed by atoms with Crippen molar-refractivity contribution in [3.63, 3.8) is 0 Å².